The van der Waals surface area contributed by atoms with Crippen molar-refractivity contribution in [2.24, 2.45) is 0 Å². The average molecular weight is 490 g/mol. The molecule has 0 aliphatic heterocycles. The Labute approximate surface area is 181 Å². The van der Waals surface area contributed by atoms with E-state index in [1.165, 1.54) is 32.6 Å². The fourth-order valence-corrected chi connectivity index (χ4v) is 9.20. The zero-order chi connectivity index (χ0) is 18.6. The molecule has 0 aliphatic rings. The smallest absolute Gasteiger partial charge is 0.113 e. The molecule has 0 unspecified atom stereocenters. The minimum atomic E-state index is -1.84. The Morgan fingerprint density at radius 3 is 1.26 bits per heavy atom. The second-order valence-corrected chi connectivity index (χ2v) is 10.5. The summed E-state index contributed by atoms with van der Waals surface area (Å²) in [5, 5.41) is 14.0. The van der Waals surface area contributed by atoms with E-state index in [1.807, 2.05) is 0 Å². The Hall–Kier alpha value is -1.22. The summed E-state index contributed by atoms with van der Waals surface area (Å²) in [6.45, 7) is 6.89. The lowest BCUT2D eigenvalue weighted by Crippen LogP contribution is -3.00. The number of rotatable bonds is 6. The molecule has 0 heterocycles. The molecule has 0 atom stereocenters. The number of hydrogen-bond acceptors (Lipinski definition) is 1. The predicted molar refractivity (Wildman–Crippen MR) is 116 cm³/mol. The largest absolute Gasteiger partial charge is 1.00 e. The summed E-state index contributed by atoms with van der Waals surface area (Å²) in [7, 11) is -1.84. The first-order chi connectivity index (χ1) is 12.6. The molecule has 3 aromatic rings. The van der Waals surface area contributed by atoms with Crippen LogP contribution in [0.1, 0.15) is 23.1 Å². The van der Waals surface area contributed by atoms with E-state index in [9.17, 15) is 5.11 Å². The predicted octanol–water partition coefficient (Wildman–Crippen LogP) is 1.29. The number of benzene rings is 3. The van der Waals surface area contributed by atoms with Gasteiger partial charge in [-0.25, -0.2) is 0 Å². The van der Waals surface area contributed by atoms with E-state index in [2.05, 4.69) is 93.6 Å². The van der Waals surface area contributed by atoms with Gasteiger partial charge in [-0.1, -0.05) is 54.6 Å². The third-order valence-electron chi connectivity index (χ3n) is 5.23. The molecule has 0 saturated heterocycles. The molecule has 27 heavy (non-hydrogen) atoms. The number of hydrogen-bond donors (Lipinski definition) is 1. The van der Waals surface area contributed by atoms with Crippen molar-refractivity contribution in [3.8, 4) is 0 Å². The van der Waals surface area contributed by atoms with Crippen LogP contribution in [-0.2, 0) is 0 Å². The van der Waals surface area contributed by atoms with Gasteiger partial charge in [0.1, 0.15) is 23.2 Å². The lowest BCUT2D eigenvalue weighted by Gasteiger charge is -2.31. The maximum atomic E-state index is 9.70. The highest BCUT2D eigenvalue weighted by Crippen LogP contribution is 2.57. The molecule has 1 nitrogen and oxygen atoms in total. The van der Waals surface area contributed by atoms with E-state index < -0.39 is 7.26 Å². The fraction of sp³-hybridized carbons (Fsp3) is 0.250. The molecule has 1 N–H and O–H groups in total. The first-order valence-electron chi connectivity index (χ1n) is 9.29. The standard InChI is InChI=1S/C24H28OP.HI/c1-19-11-4-7-14-22(19)26(18-10-17-25,23-15-8-5-12-20(23)2)24-16-9-6-13-21(24)3;/h4-9,11-16,25H,10,17-18H2,1-3H3;1H/q+1;/p-1. The second-order valence-electron chi connectivity index (χ2n) is 6.97. The van der Waals surface area contributed by atoms with Gasteiger partial charge in [0.25, 0.3) is 0 Å². The van der Waals surface area contributed by atoms with Gasteiger partial charge < -0.3 is 29.1 Å². The number of aliphatic hydroxyl groups excluding tert-OH is 1. The summed E-state index contributed by atoms with van der Waals surface area (Å²) in [5.41, 5.74) is 4.01. The van der Waals surface area contributed by atoms with Gasteiger partial charge in [-0.05, 0) is 55.7 Å². The molecule has 0 radical (unpaired) electrons. The third-order valence-corrected chi connectivity index (χ3v) is 10.2. The van der Waals surface area contributed by atoms with Gasteiger partial charge in [0, 0.05) is 13.0 Å². The monoisotopic (exact) mass is 490 g/mol. The highest BCUT2D eigenvalue weighted by atomic mass is 127. The Morgan fingerprint density at radius 1 is 0.630 bits per heavy atom. The van der Waals surface area contributed by atoms with Crippen LogP contribution in [0.3, 0.4) is 0 Å². The molecule has 0 aliphatic carbocycles. The van der Waals surface area contributed by atoms with Crippen LogP contribution in [0.4, 0.5) is 0 Å². The van der Waals surface area contributed by atoms with E-state index in [-0.39, 0.29) is 30.6 Å². The van der Waals surface area contributed by atoms with E-state index in [0.717, 1.165) is 12.6 Å². The van der Waals surface area contributed by atoms with Crippen LogP contribution in [0.25, 0.3) is 0 Å². The summed E-state index contributed by atoms with van der Waals surface area (Å²) >= 11 is 0. The maximum Gasteiger partial charge on any atom is 0.113 e. The molecule has 0 amide bonds. The molecule has 0 spiro atoms. The van der Waals surface area contributed by atoms with Gasteiger partial charge in [0.15, 0.2) is 0 Å². The van der Waals surface area contributed by atoms with Crippen molar-refractivity contribution in [2.75, 3.05) is 12.8 Å². The molecule has 0 saturated carbocycles. The quantitative estimate of drug-likeness (QED) is 0.408. The molecule has 3 rings (SSSR count). The van der Waals surface area contributed by atoms with Gasteiger partial charge in [-0.15, -0.1) is 0 Å². The lowest BCUT2D eigenvalue weighted by atomic mass is 10.2. The Morgan fingerprint density at radius 2 is 0.963 bits per heavy atom. The van der Waals surface area contributed by atoms with Crippen molar-refractivity contribution in [3.05, 3.63) is 89.5 Å². The van der Waals surface area contributed by atoms with Crippen molar-refractivity contribution < 1.29 is 29.1 Å². The first kappa shape index (κ1) is 22.1. The summed E-state index contributed by atoms with van der Waals surface area (Å²) in [5.74, 6) is 0. The van der Waals surface area contributed by atoms with Crippen LogP contribution in [0.2, 0.25) is 0 Å². The van der Waals surface area contributed by atoms with Crippen molar-refractivity contribution in [3.63, 3.8) is 0 Å². The van der Waals surface area contributed by atoms with E-state index >= 15 is 0 Å². The van der Waals surface area contributed by atoms with Crippen LogP contribution >= 0.6 is 7.26 Å². The van der Waals surface area contributed by atoms with Crippen LogP contribution in [0.5, 0.6) is 0 Å². The number of halogens is 1. The van der Waals surface area contributed by atoms with Crippen LogP contribution in [0.15, 0.2) is 72.8 Å². The fourth-order valence-electron chi connectivity index (χ4n) is 4.03. The Bertz CT molecular complexity index is 780. The van der Waals surface area contributed by atoms with E-state index in [0.29, 0.717) is 0 Å². The highest BCUT2D eigenvalue weighted by Gasteiger charge is 2.47. The highest BCUT2D eigenvalue weighted by molar-refractivity contribution is 7.96. The van der Waals surface area contributed by atoms with Crippen molar-refractivity contribution in [2.45, 2.75) is 27.2 Å². The second kappa shape index (κ2) is 9.82. The van der Waals surface area contributed by atoms with Gasteiger partial charge >= 0.3 is 0 Å². The normalized spacial score (nSPS) is 11.1. The molecule has 0 fully saturated rings. The van der Waals surface area contributed by atoms with Crippen LogP contribution in [-0.4, -0.2) is 17.9 Å². The zero-order valence-electron chi connectivity index (χ0n) is 16.3. The maximum absolute atomic E-state index is 9.70. The number of aliphatic hydroxyl groups is 1. The van der Waals surface area contributed by atoms with Gasteiger partial charge in [0.05, 0.1) is 6.16 Å². The van der Waals surface area contributed by atoms with Crippen molar-refractivity contribution in [1.82, 2.24) is 0 Å². The van der Waals surface area contributed by atoms with Crippen molar-refractivity contribution >= 4 is 23.2 Å². The Balaban J connectivity index is 0.00000261. The first-order valence-corrected chi connectivity index (χ1v) is 11.3. The van der Waals surface area contributed by atoms with Crippen LogP contribution in [0, 0.1) is 20.8 Å². The Kier molecular flexibility index (Phi) is 8.03. The topological polar surface area (TPSA) is 20.2 Å². The molecule has 0 bridgehead atoms. The molecule has 3 aromatic carbocycles. The van der Waals surface area contributed by atoms with Gasteiger partial charge in [-0.3, -0.25) is 0 Å². The average Bonchev–Trinajstić information content (AvgIpc) is 2.65. The number of aryl methyl sites for hydroxylation is 3. The van der Waals surface area contributed by atoms with E-state index in [1.54, 1.807) is 0 Å². The molecule has 142 valence electrons. The van der Waals surface area contributed by atoms with Gasteiger partial charge in [0.2, 0.25) is 0 Å². The zero-order valence-corrected chi connectivity index (χ0v) is 19.4. The summed E-state index contributed by atoms with van der Waals surface area (Å²) in [6, 6.07) is 26.4. The summed E-state index contributed by atoms with van der Waals surface area (Å²) < 4.78 is 0. The minimum Gasteiger partial charge on any atom is -1.00 e. The molecule has 3 heteroatoms. The van der Waals surface area contributed by atoms with Crippen molar-refractivity contribution in [1.29, 1.82) is 0 Å². The summed E-state index contributed by atoms with van der Waals surface area (Å²) in [4.78, 5) is 0. The molecular weight excluding hydrogens is 462 g/mol. The van der Waals surface area contributed by atoms with Gasteiger partial charge in [-0.2, -0.15) is 0 Å². The van der Waals surface area contributed by atoms with Crippen LogP contribution < -0.4 is 39.9 Å². The lowest BCUT2D eigenvalue weighted by molar-refractivity contribution is -0.00000641. The SMILES string of the molecule is Cc1ccccc1[P+](CCCO)(c1ccccc1C)c1ccccc1C.[I-]. The molecular formula is C24H28IOP. The third kappa shape index (κ3) is 4.29. The van der Waals surface area contributed by atoms with E-state index in [4.69, 9.17) is 0 Å². The summed E-state index contributed by atoms with van der Waals surface area (Å²) in [6.07, 6.45) is 1.80. The minimum absolute atomic E-state index is 0. The molecule has 0 aromatic heterocycles.